The lowest BCUT2D eigenvalue weighted by Crippen LogP contribution is -2.46. The quantitative estimate of drug-likeness (QED) is 0.00898. The number of aliphatic hydroxyl groups excluding tert-OH is 4. The number of nitrogens with zero attached hydrogens (tertiary/aromatic N) is 3. The summed E-state index contributed by atoms with van der Waals surface area (Å²) in [5.41, 5.74) is 2.13. The van der Waals surface area contributed by atoms with Crippen molar-refractivity contribution in [3.63, 3.8) is 0 Å². The molecular formula is C86H118N6O30. The number of hydrogen-bond donors (Lipinski definition) is 9. The maximum absolute atomic E-state index is 14.4. The summed E-state index contributed by atoms with van der Waals surface area (Å²) in [6, 6.07) is 1.32. The van der Waals surface area contributed by atoms with Crippen LogP contribution in [-0.2, 0) is 95.3 Å². The molecule has 2 amide bonds. The van der Waals surface area contributed by atoms with Gasteiger partial charge in [0.25, 0.3) is 23.4 Å². The second-order valence-electron chi connectivity index (χ2n) is 30.7. The van der Waals surface area contributed by atoms with E-state index in [0.29, 0.717) is 6.61 Å². The Kier molecular flexibility index (Phi) is 36.8. The van der Waals surface area contributed by atoms with E-state index in [1.54, 1.807) is 85.8 Å². The fraction of sp³-hybridized carbons (Fsp3) is 0.558. The summed E-state index contributed by atoms with van der Waals surface area (Å²) in [5, 5.41) is 86.4. The first-order valence-electron chi connectivity index (χ1n) is 39.8. The molecule has 0 aromatic heterocycles. The van der Waals surface area contributed by atoms with Crippen molar-refractivity contribution in [3.8, 4) is 17.2 Å². The second-order valence-corrected chi connectivity index (χ2v) is 30.7. The van der Waals surface area contributed by atoms with E-state index in [1.165, 1.54) is 134 Å². The molecule has 0 unspecified atom stereocenters. The van der Waals surface area contributed by atoms with Gasteiger partial charge in [0.15, 0.2) is 29.7 Å². The van der Waals surface area contributed by atoms with Gasteiger partial charge in [-0.05, 0) is 57.2 Å². The number of anilines is 2. The number of benzene rings is 2. The molecule has 122 heavy (non-hydrogen) atoms. The van der Waals surface area contributed by atoms with Gasteiger partial charge in [-0.15, -0.1) is 4.91 Å². The molecule has 6 heterocycles. The molecule has 672 valence electrons. The van der Waals surface area contributed by atoms with Crippen LogP contribution in [0.3, 0.4) is 0 Å². The highest BCUT2D eigenvalue weighted by Crippen LogP contribution is 2.55. The van der Waals surface area contributed by atoms with E-state index < -0.39 is 155 Å². The number of fused-ring (bicyclic) bond motifs is 28. The van der Waals surface area contributed by atoms with Crippen molar-refractivity contribution < 1.29 is 140 Å². The standard InChI is InChI=1S/C45H63N3O16.C41H55N3O14/c1-24-13-12-14-25(2)44(54)46-32-21-31(47-61-22-58-19-17-55-9)34-35(40(32)53)39(52)29(6)42-36(34)43(48-62-23-59-20-18-56-10)45(8,64-42)60-16-15-33(57-11)26(3)41(63-30(7)49)28(5)38(51)27(4)37(24)50;1-20-12-11-13-21(2)40(50)42-28-18-27(44-56-19-54-17-16-52-9)30-31(36(28)49)35(48)25(6)38-32(30)39(43-51)41(8,58-38)55-15-14-29(53-10)22(3)37(57-26(7)45)24(5)34(47)23(4)33(20)46/h12-16,21,24,26-28,33,37-38,41,50-52H,17-20,22-23H2,1-11H3,(H,46,54);11-15,18,20,22-24,29,33-34,37,44,46-47,49H,16-17,19H2,1-10H3,(H,42,50)/b13-12+,16-15+,25-14-,47-31+,48-43-;12-11+,15-14+,21-13-/t24-,26+,27+,28+,33-,37-,38+,41+,45-;20-,22+,23+,24+,29-,33-,34+,37+,41-/m00/s1. The molecule has 36 nitrogen and oxygen atoms in total. The number of hydrogen-bond acceptors (Lipinski definition) is 34. The largest absolute Gasteiger partial charge is 0.507 e. The number of esters is 2. The summed E-state index contributed by atoms with van der Waals surface area (Å²) in [7, 11) is 7.44. The van der Waals surface area contributed by atoms with Gasteiger partial charge in [-0.2, -0.15) is 0 Å². The number of amides is 2. The van der Waals surface area contributed by atoms with Crippen LogP contribution in [0.1, 0.15) is 147 Å². The van der Waals surface area contributed by atoms with Gasteiger partial charge >= 0.3 is 11.9 Å². The third-order valence-corrected chi connectivity index (χ3v) is 22.0. The number of phenols is 2. The van der Waals surface area contributed by atoms with Gasteiger partial charge in [0.2, 0.25) is 19.4 Å². The summed E-state index contributed by atoms with van der Waals surface area (Å²) in [6.07, 6.45) is 8.65. The molecule has 0 fully saturated rings. The molecule has 9 N–H and O–H groups in total. The van der Waals surface area contributed by atoms with E-state index in [2.05, 4.69) is 31.6 Å². The van der Waals surface area contributed by atoms with Crippen molar-refractivity contribution in [2.24, 2.45) is 62.8 Å². The average molecular weight is 1720 g/mol. The highest BCUT2D eigenvalue weighted by atomic mass is 16.8. The van der Waals surface area contributed by atoms with E-state index in [-0.39, 0.29) is 155 Å². The number of rotatable bonds is 24. The Hall–Kier alpha value is -10.1. The van der Waals surface area contributed by atoms with Gasteiger partial charge in [-0.3, -0.25) is 34.2 Å². The predicted octanol–water partition coefficient (Wildman–Crippen LogP) is 9.20. The molecule has 2 aromatic rings. The zero-order chi connectivity index (χ0) is 90.4. The number of nitrogens with one attached hydrogen (secondary N) is 3. The van der Waals surface area contributed by atoms with Crippen LogP contribution in [0.4, 0.5) is 11.4 Å². The maximum Gasteiger partial charge on any atom is 0.302 e. The van der Waals surface area contributed by atoms with Crippen LogP contribution < -0.4 is 20.9 Å². The number of allylic oxidation sites excluding steroid dienone is 8. The molecule has 2 aromatic carbocycles. The van der Waals surface area contributed by atoms with Gasteiger partial charge in [0, 0.05) is 144 Å². The lowest BCUT2D eigenvalue weighted by molar-refractivity contribution is -0.161. The van der Waals surface area contributed by atoms with Crippen LogP contribution >= 0.6 is 0 Å². The molecule has 0 radical (unpaired) electrons. The van der Waals surface area contributed by atoms with Crippen molar-refractivity contribution in [2.75, 3.05) is 106 Å². The smallest absolute Gasteiger partial charge is 0.302 e. The Morgan fingerprint density at radius 2 is 1.02 bits per heavy atom. The minimum absolute atomic E-state index is 0.00549. The lowest BCUT2D eigenvalue weighted by Gasteiger charge is -2.38. The number of oxime groups is 2. The first kappa shape index (κ1) is 99.0. The maximum atomic E-state index is 14.4. The van der Waals surface area contributed by atoms with Crippen LogP contribution in [0.2, 0.25) is 0 Å². The van der Waals surface area contributed by atoms with E-state index in [4.69, 9.17) is 80.8 Å². The molecule has 8 aliphatic rings. The highest BCUT2D eigenvalue weighted by Gasteiger charge is 2.53. The molecule has 2 aliphatic carbocycles. The molecule has 0 saturated heterocycles. The normalized spacial score (nSPS) is 31.0. The third kappa shape index (κ3) is 23.4. The van der Waals surface area contributed by atoms with Crippen LogP contribution in [0.25, 0.3) is 5.57 Å². The molecule has 10 bridgehead atoms. The summed E-state index contributed by atoms with van der Waals surface area (Å²) < 4.78 is 79.6. The van der Waals surface area contributed by atoms with Gasteiger partial charge in [0.05, 0.1) is 128 Å². The zero-order valence-corrected chi connectivity index (χ0v) is 72.9. The first-order chi connectivity index (χ1) is 57.9. The fourth-order valence-electron chi connectivity index (χ4n) is 14.7. The van der Waals surface area contributed by atoms with Crippen LogP contribution in [-0.4, -0.2) is 233 Å². The Labute approximate surface area is 709 Å². The predicted molar refractivity (Wildman–Crippen MR) is 443 cm³/mol. The van der Waals surface area contributed by atoms with E-state index in [0.717, 1.165) is 0 Å². The van der Waals surface area contributed by atoms with Crippen molar-refractivity contribution in [1.82, 2.24) is 5.32 Å². The second kappa shape index (κ2) is 45.4. The summed E-state index contributed by atoms with van der Waals surface area (Å²) in [6.45, 7) is 25.9. The minimum Gasteiger partial charge on any atom is -0.507 e. The van der Waals surface area contributed by atoms with Crippen molar-refractivity contribution in [1.29, 1.82) is 0 Å². The van der Waals surface area contributed by atoms with Crippen molar-refractivity contribution >= 4 is 63.7 Å². The molecule has 18 atom stereocenters. The summed E-state index contributed by atoms with van der Waals surface area (Å²) >= 11 is 0. The van der Waals surface area contributed by atoms with E-state index in [1.807, 2.05) is 0 Å². The topological polar surface area (TPSA) is 471 Å². The molecule has 6 aliphatic heterocycles. The average Bonchev–Trinajstić information content (AvgIpc) is 1.53. The third-order valence-electron chi connectivity index (χ3n) is 22.0. The van der Waals surface area contributed by atoms with E-state index in [9.17, 15) is 64.3 Å². The minimum atomic E-state index is -1.93. The number of aliphatic hydroxyl groups is 4. The van der Waals surface area contributed by atoms with Crippen LogP contribution in [0, 0.1) is 59.2 Å². The Balaban J connectivity index is 0.000000337. The molecule has 0 saturated carbocycles. The number of phenolic OH excluding ortho intramolecular Hbond substituents is 2. The van der Waals surface area contributed by atoms with Gasteiger partial charge in [-0.25, -0.2) is 4.84 Å². The number of ether oxygens (including phenoxy) is 14. The fourth-order valence-corrected chi connectivity index (χ4v) is 14.7. The van der Waals surface area contributed by atoms with Gasteiger partial charge in [0.1, 0.15) is 35.2 Å². The number of nitroso groups, excluding NO2 is 1. The monoisotopic (exact) mass is 1710 g/mol. The van der Waals surface area contributed by atoms with Gasteiger partial charge < -0.3 is 117 Å². The Morgan fingerprint density at radius 1 is 0.549 bits per heavy atom. The molecule has 0 spiro atoms. The first-order valence-corrected chi connectivity index (χ1v) is 39.8. The van der Waals surface area contributed by atoms with Crippen LogP contribution in [0.5, 0.6) is 17.2 Å². The molecular weight excluding hydrogens is 1600 g/mol. The number of carbonyl (C=O) groups excluding carboxylic acids is 6. The number of methoxy groups -OCH3 is 5. The summed E-state index contributed by atoms with van der Waals surface area (Å²) in [4.78, 5) is 110. The molecule has 10 rings (SSSR count). The number of Topliss-reactive ketones (excluding diaryl/α,β-unsaturated/α-hetero) is 2. The van der Waals surface area contributed by atoms with Crippen LogP contribution in [0.15, 0.2) is 123 Å². The lowest BCUT2D eigenvalue weighted by atomic mass is 9.78. The van der Waals surface area contributed by atoms with Crippen molar-refractivity contribution in [3.05, 3.63) is 145 Å². The summed E-state index contributed by atoms with van der Waals surface area (Å²) in [5.74, 6) is -13.7. The van der Waals surface area contributed by atoms with Gasteiger partial charge in [-0.1, -0.05) is 102 Å². The SMILES string of the molecule is COCCOCO/N=C1/c2c3c(C)c(O)c4c2/C(=N/OCOCCOC)C=C(NC(=O)/C(C)=C\C=C\[C@H](C)[C@H](O)[C@@H](C)[C@@H](O)[C@@H](C)[C@H](OC(C)=O)[C@H](C)[C@@H](OC)/C=C/O[C@@]1(C)O3)C4=O.COCCOCONc1cc2c(O)c3c1C1=C(N=O)[C@@](C)(O/C=C/[C@H](OC)[C@@H](C)[C@@H](OC(C)=O)[C@H](C)[C@H](O)[C@H](C)[C@@H](O)[C@@H](C)/C=C/C=C(/C)C(=O)N2)OC1=C(C)C3=O. The number of ketones is 2. The number of carbonyl (C=O) groups is 6. The highest BCUT2D eigenvalue weighted by molar-refractivity contribution is 6.32. The zero-order valence-electron chi connectivity index (χ0n) is 72.9. The molecule has 36 heteroatoms. The number of aromatic hydroxyl groups is 2. The Morgan fingerprint density at radius 3 is 1.51 bits per heavy atom. The van der Waals surface area contributed by atoms with E-state index >= 15 is 0 Å². The Bertz CT molecular complexity index is 4440. The van der Waals surface area contributed by atoms with Crippen molar-refractivity contribution in [2.45, 2.75) is 171 Å².